The molecule has 8 heteroatoms. The van der Waals surface area contributed by atoms with Gasteiger partial charge in [-0.15, -0.1) is 16.4 Å². The summed E-state index contributed by atoms with van der Waals surface area (Å²) in [6, 6.07) is 11.7. The van der Waals surface area contributed by atoms with E-state index in [0.29, 0.717) is 11.7 Å². The first-order valence-electron chi connectivity index (χ1n) is 8.76. The van der Waals surface area contributed by atoms with Crippen LogP contribution < -0.4 is 16.0 Å². The van der Waals surface area contributed by atoms with E-state index >= 15 is 0 Å². The Morgan fingerprint density at radius 3 is 2.63 bits per heavy atom. The molecule has 1 amide bonds. The summed E-state index contributed by atoms with van der Waals surface area (Å²) in [6.07, 6.45) is 0. The highest BCUT2D eigenvalue weighted by atomic mass is 32.1. The van der Waals surface area contributed by atoms with Gasteiger partial charge in [-0.05, 0) is 56.5 Å². The van der Waals surface area contributed by atoms with E-state index in [9.17, 15) is 9.59 Å². The maximum Gasteiger partial charge on any atom is 0.437 e. The van der Waals surface area contributed by atoms with Crippen LogP contribution in [-0.2, 0) is 11.3 Å². The van der Waals surface area contributed by atoms with E-state index in [1.807, 2.05) is 35.7 Å². The van der Waals surface area contributed by atoms with Gasteiger partial charge >= 0.3 is 5.76 Å². The van der Waals surface area contributed by atoms with E-state index < -0.39 is 5.76 Å². The molecular formula is C19H22N4O3S. The number of rotatable bonds is 7. The Bertz CT molecular complexity index is 942. The first kappa shape index (κ1) is 18.9. The Morgan fingerprint density at radius 1 is 1.30 bits per heavy atom. The molecule has 1 aromatic carbocycles. The van der Waals surface area contributed by atoms with Crippen molar-refractivity contribution in [2.24, 2.45) is 0 Å². The maximum absolute atomic E-state index is 12.3. The van der Waals surface area contributed by atoms with E-state index in [0.717, 1.165) is 21.8 Å². The van der Waals surface area contributed by atoms with Gasteiger partial charge in [0.05, 0.1) is 4.88 Å². The number of hydrogen-bond donors (Lipinski definition) is 1. The van der Waals surface area contributed by atoms with Gasteiger partial charge in [0.2, 0.25) is 5.91 Å². The molecule has 0 aliphatic heterocycles. The number of nitrogens with zero attached hydrogens (tertiary/aromatic N) is 3. The van der Waals surface area contributed by atoms with Gasteiger partial charge in [-0.2, -0.15) is 4.68 Å². The summed E-state index contributed by atoms with van der Waals surface area (Å²) >= 11 is 1.41. The molecule has 0 saturated heterocycles. The van der Waals surface area contributed by atoms with Crippen LogP contribution in [0.3, 0.4) is 0 Å². The van der Waals surface area contributed by atoms with Crippen LogP contribution >= 0.6 is 11.3 Å². The molecule has 1 N–H and O–H groups in total. The molecule has 0 atom stereocenters. The standard InChI is InChI=1S/C19H22N4O3S/c1-4-22(13(2)3)15-9-7-14(8-10-15)20-17(24)12-23-19(25)26-18(21-23)16-6-5-11-27-16/h5-11,13H,4,12H2,1-3H3,(H,20,24). The van der Waals surface area contributed by atoms with Gasteiger partial charge in [-0.25, -0.2) is 4.79 Å². The van der Waals surface area contributed by atoms with Crippen molar-refractivity contribution in [3.63, 3.8) is 0 Å². The average molecular weight is 386 g/mol. The summed E-state index contributed by atoms with van der Waals surface area (Å²) in [7, 11) is 0. The SMILES string of the molecule is CCN(c1ccc(NC(=O)Cn2nc(-c3cccs3)oc2=O)cc1)C(C)C. The molecule has 142 valence electrons. The molecule has 0 saturated carbocycles. The van der Waals surface area contributed by atoms with Crippen LogP contribution in [0.5, 0.6) is 0 Å². The third-order valence-electron chi connectivity index (χ3n) is 4.08. The number of benzene rings is 1. The first-order valence-corrected chi connectivity index (χ1v) is 9.64. The zero-order chi connectivity index (χ0) is 19.4. The Kier molecular flexibility index (Phi) is 5.75. The van der Waals surface area contributed by atoms with Gasteiger partial charge in [0.25, 0.3) is 5.89 Å². The van der Waals surface area contributed by atoms with Crippen molar-refractivity contribution in [1.82, 2.24) is 9.78 Å². The second-order valence-corrected chi connectivity index (χ2v) is 7.23. The zero-order valence-corrected chi connectivity index (χ0v) is 16.3. The highest BCUT2D eigenvalue weighted by Crippen LogP contribution is 2.21. The van der Waals surface area contributed by atoms with Crippen molar-refractivity contribution in [2.75, 3.05) is 16.8 Å². The predicted molar refractivity (Wildman–Crippen MR) is 107 cm³/mol. The summed E-state index contributed by atoms with van der Waals surface area (Å²) < 4.78 is 6.13. The number of nitrogens with one attached hydrogen (secondary N) is 1. The number of anilines is 2. The molecule has 3 aromatic rings. The van der Waals surface area contributed by atoms with E-state index in [1.54, 1.807) is 6.07 Å². The zero-order valence-electron chi connectivity index (χ0n) is 15.5. The summed E-state index contributed by atoms with van der Waals surface area (Å²) in [5, 5.41) is 8.73. The predicted octanol–water partition coefficient (Wildman–Crippen LogP) is 3.44. The van der Waals surface area contributed by atoms with Crippen molar-refractivity contribution in [3.05, 3.63) is 52.3 Å². The van der Waals surface area contributed by atoms with E-state index in [2.05, 4.69) is 36.1 Å². The summed E-state index contributed by atoms with van der Waals surface area (Å²) in [4.78, 5) is 27.1. The van der Waals surface area contributed by atoms with E-state index in [-0.39, 0.29) is 18.3 Å². The minimum atomic E-state index is -0.653. The largest absolute Gasteiger partial charge is 0.437 e. The summed E-state index contributed by atoms with van der Waals surface area (Å²) in [5.41, 5.74) is 1.76. The van der Waals surface area contributed by atoms with Crippen molar-refractivity contribution < 1.29 is 9.21 Å². The molecule has 0 aliphatic rings. The van der Waals surface area contributed by atoms with E-state index in [4.69, 9.17) is 4.42 Å². The topological polar surface area (TPSA) is 80.4 Å². The maximum atomic E-state index is 12.3. The average Bonchev–Trinajstić information content (AvgIpc) is 3.27. The van der Waals surface area contributed by atoms with Crippen LogP contribution in [0, 0.1) is 0 Å². The van der Waals surface area contributed by atoms with Crippen LogP contribution in [0.4, 0.5) is 11.4 Å². The molecule has 27 heavy (non-hydrogen) atoms. The molecular weight excluding hydrogens is 364 g/mol. The molecule has 0 radical (unpaired) electrons. The van der Waals surface area contributed by atoms with Crippen LogP contribution in [0.2, 0.25) is 0 Å². The van der Waals surface area contributed by atoms with Crippen molar-refractivity contribution >= 4 is 28.6 Å². The lowest BCUT2D eigenvalue weighted by Gasteiger charge is -2.27. The van der Waals surface area contributed by atoms with Gasteiger partial charge < -0.3 is 14.6 Å². The molecule has 0 fully saturated rings. The Labute approximate surface area is 161 Å². The van der Waals surface area contributed by atoms with Gasteiger partial charge in [0, 0.05) is 24.0 Å². The highest BCUT2D eigenvalue weighted by molar-refractivity contribution is 7.13. The molecule has 0 bridgehead atoms. The van der Waals surface area contributed by atoms with Crippen LogP contribution in [0.1, 0.15) is 20.8 Å². The normalized spacial score (nSPS) is 11.0. The Balaban J connectivity index is 1.65. The van der Waals surface area contributed by atoms with Crippen LogP contribution in [-0.4, -0.2) is 28.3 Å². The lowest BCUT2D eigenvalue weighted by Crippen LogP contribution is -2.30. The van der Waals surface area contributed by atoms with Gasteiger partial charge in [0.15, 0.2) is 0 Å². The van der Waals surface area contributed by atoms with Crippen molar-refractivity contribution in [2.45, 2.75) is 33.4 Å². The Morgan fingerprint density at radius 2 is 2.04 bits per heavy atom. The number of amides is 1. The van der Waals surface area contributed by atoms with Gasteiger partial charge in [-0.1, -0.05) is 6.07 Å². The minimum absolute atomic E-state index is 0.206. The number of aromatic nitrogens is 2. The third-order valence-corrected chi connectivity index (χ3v) is 4.94. The second-order valence-electron chi connectivity index (χ2n) is 6.28. The molecule has 2 heterocycles. The fourth-order valence-electron chi connectivity index (χ4n) is 2.82. The smallest absolute Gasteiger partial charge is 0.387 e. The molecule has 0 aliphatic carbocycles. The van der Waals surface area contributed by atoms with Crippen LogP contribution in [0.25, 0.3) is 10.8 Å². The second kappa shape index (κ2) is 8.22. The summed E-state index contributed by atoms with van der Waals surface area (Å²) in [6.45, 7) is 7.09. The quantitative estimate of drug-likeness (QED) is 0.673. The molecule has 3 rings (SSSR count). The monoisotopic (exact) mass is 386 g/mol. The number of carbonyl (C=O) groups excluding carboxylic acids is 1. The molecule has 2 aromatic heterocycles. The van der Waals surface area contributed by atoms with Crippen LogP contribution in [0.15, 0.2) is 51.0 Å². The van der Waals surface area contributed by atoms with E-state index in [1.165, 1.54) is 11.3 Å². The number of hydrogen-bond acceptors (Lipinski definition) is 6. The van der Waals surface area contributed by atoms with Gasteiger partial charge in [0.1, 0.15) is 6.54 Å². The molecule has 7 nitrogen and oxygen atoms in total. The lowest BCUT2D eigenvalue weighted by atomic mass is 10.2. The lowest BCUT2D eigenvalue weighted by molar-refractivity contribution is -0.117. The molecule has 0 unspecified atom stereocenters. The number of thiophene rings is 1. The minimum Gasteiger partial charge on any atom is -0.387 e. The fraction of sp³-hybridized carbons (Fsp3) is 0.316. The molecule has 0 spiro atoms. The fourth-order valence-corrected chi connectivity index (χ4v) is 3.47. The number of carbonyl (C=O) groups is 1. The van der Waals surface area contributed by atoms with Crippen molar-refractivity contribution in [1.29, 1.82) is 0 Å². The summed E-state index contributed by atoms with van der Waals surface area (Å²) in [5.74, 6) is -0.771. The first-order chi connectivity index (χ1) is 13.0. The third kappa shape index (κ3) is 4.46. The van der Waals surface area contributed by atoms with Gasteiger partial charge in [-0.3, -0.25) is 4.79 Å². The highest BCUT2D eigenvalue weighted by Gasteiger charge is 2.14. The Hall–Kier alpha value is -2.87. The van der Waals surface area contributed by atoms with Crippen molar-refractivity contribution in [3.8, 4) is 10.8 Å².